The van der Waals surface area contributed by atoms with E-state index in [0.717, 1.165) is 4.88 Å². The second-order valence-electron chi connectivity index (χ2n) is 5.52. The number of halogens is 1. The van der Waals surface area contributed by atoms with Crippen molar-refractivity contribution >= 4 is 28.8 Å². The number of carbonyl (C=O) groups is 1. The molecule has 2 aromatic heterocycles. The van der Waals surface area contributed by atoms with Crippen molar-refractivity contribution in [2.45, 2.75) is 40.8 Å². The van der Waals surface area contributed by atoms with Crippen molar-refractivity contribution in [3.05, 3.63) is 38.3 Å². The highest BCUT2D eigenvalue weighted by Crippen LogP contribution is 2.21. The molecule has 0 unspecified atom stereocenters. The molecule has 1 N–H and O–H groups in total. The lowest BCUT2D eigenvalue weighted by Crippen LogP contribution is -2.23. The van der Waals surface area contributed by atoms with E-state index < -0.39 is 0 Å². The van der Waals surface area contributed by atoms with Crippen LogP contribution in [-0.4, -0.2) is 15.7 Å². The largest absolute Gasteiger partial charge is 0.347 e. The van der Waals surface area contributed by atoms with Crippen LogP contribution < -0.4 is 5.32 Å². The third-order valence-electron chi connectivity index (χ3n) is 3.05. The zero-order valence-corrected chi connectivity index (χ0v) is 14.3. The fourth-order valence-electron chi connectivity index (χ4n) is 2.11. The Hall–Kier alpha value is -1.33. The van der Waals surface area contributed by atoms with Gasteiger partial charge in [-0.2, -0.15) is 5.10 Å². The predicted octanol–water partition coefficient (Wildman–Crippen LogP) is 3.80. The van der Waals surface area contributed by atoms with Gasteiger partial charge in [0, 0.05) is 16.3 Å². The summed E-state index contributed by atoms with van der Waals surface area (Å²) in [6.07, 6.45) is 0. The normalized spacial score (nSPS) is 11.1. The lowest BCUT2D eigenvalue weighted by atomic mass is 10.2. The first kappa shape index (κ1) is 16.0. The molecule has 0 aliphatic carbocycles. The quantitative estimate of drug-likeness (QED) is 0.908. The van der Waals surface area contributed by atoms with Crippen LogP contribution in [0.3, 0.4) is 0 Å². The van der Waals surface area contributed by atoms with Crippen LogP contribution in [0.15, 0.2) is 12.1 Å². The topological polar surface area (TPSA) is 46.9 Å². The molecule has 4 nitrogen and oxygen atoms in total. The van der Waals surface area contributed by atoms with Crippen molar-refractivity contribution in [3.63, 3.8) is 0 Å². The summed E-state index contributed by atoms with van der Waals surface area (Å²) in [7, 11) is 0. The van der Waals surface area contributed by atoms with Crippen LogP contribution in [0.4, 0.5) is 0 Å². The molecule has 0 atom stereocenters. The van der Waals surface area contributed by atoms with Crippen molar-refractivity contribution in [2.24, 2.45) is 5.92 Å². The van der Waals surface area contributed by atoms with Gasteiger partial charge in [0.25, 0.3) is 5.91 Å². The van der Waals surface area contributed by atoms with Gasteiger partial charge in [0.15, 0.2) is 0 Å². The molecule has 21 heavy (non-hydrogen) atoms. The fraction of sp³-hybridized carbons (Fsp3) is 0.467. The first-order valence-corrected chi connectivity index (χ1v) is 8.14. The molecule has 0 aliphatic rings. The number of hydrogen-bond donors (Lipinski definition) is 1. The summed E-state index contributed by atoms with van der Waals surface area (Å²) in [6.45, 7) is 9.26. The van der Waals surface area contributed by atoms with Crippen molar-refractivity contribution in [1.29, 1.82) is 0 Å². The lowest BCUT2D eigenvalue weighted by Gasteiger charge is -2.06. The van der Waals surface area contributed by atoms with Gasteiger partial charge in [-0.05, 0) is 31.9 Å². The van der Waals surface area contributed by atoms with Gasteiger partial charge in [0.1, 0.15) is 5.15 Å². The second-order valence-corrected chi connectivity index (χ2v) is 7.25. The van der Waals surface area contributed by atoms with Gasteiger partial charge in [-0.25, -0.2) is 0 Å². The van der Waals surface area contributed by atoms with Crippen LogP contribution in [0.5, 0.6) is 0 Å². The van der Waals surface area contributed by atoms with Crippen LogP contribution >= 0.6 is 22.9 Å². The molecule has 0 fully saturated rings. The highest BCUT2D eigenvalue weighted by atomic mass is 35.5. The van der Waals surface area contributed by atoms with Crippen molar-refractivity contribution in [2.75, 3.05) is 0 Å². The van der Waals surface area contributed by atoms with E-state index in [-0.39, 0.29) is 5.91 Å². The Morgan fingerprint density at radius 3 is 2.71 bits per heavy atom. The zero-order chi connectivity index (χ0) is 15.6. The monoisotopic (exact) mass is 325 g/mol. The summed E-state index contributed by atoms with van der Waals surface area (Å²) in [5.41, 5.74) is 1.14. The molecule has 0 bridgehead atoms. The molecule has 1 amide bonds. The summed E-state index contributed by atoms with van der Waals surface area (Å²) < 4.78 is 1.70. The predicted molar refractivity (Wildman–Crippen MR) is 87.0 cm³/mol. The summed E-state index contributed by atoms with van der Waals surface area (Å²) in [5, 5.41) is 7.69. The van der Waals surface area contributed by atoms with Gasteiger partial charge in [0.2, 0.25) is 0 Å². The van der Waals surface area contributed by atoms with Crippen LogP contribution in [0.25, 0.3) is 0 Å². The van der Waals surface area contributed by atoms with E-state index in [9.17, 15) is 4.79 Å². The number of hydrogen-bond acceptors (Lipinski definition) is 3. The van der Waals surface area contributed by atoms with Gasteiger partial charge < -0.3 is 5.32 Å². The van der Waals surface area contributed by atoms with Gasteiger partial charge in [-0.3, -0.25) is 9.48 Å². The molecule has 0 saturated carbocycles. The Morgan fingerprint density at radius 1 is 1.43 bits per heavy atom. The maximum atomic E-state index is 12.3. The molecule has 6 heteroatoms. The van der Waals surface area contributed by atoms with E-state index in [0.29, 0.717) is 35.4 Å². The first-order chi connectivity index (χ1) is 9.88. The smallest absolute Gasteiger partial charge is 0.256 e. The number of carbonyl (C=O) groups excluding carboxylic acids is 1. The van der Waals surface area contributed by atoms with Crippen LogP contribution in [0, 0.1) is 19.8 Å². The highest BCUT2D eigenvalue weighted by Gasteiger charge is 2.20. The molecule has 0 saturated heterocycles. The van der Waals surface area contributed by atoms with Crippen LogP contribution in [0.1, 0.15) is 39.7 Å². The molecular weight excluding hydrogens is 306 g/mol. The molecule has 0 spiro atoms. The van der Waals surface area contributed by atoms with E-state index in [1.807, 2.05) is 26.0 Å². The molecule has 0 aromatic carbocycles. The summed E-state index contributed by atoms with van der Waals surface area (Å²) in [6, 6.07) is 4.07. The number of nitrogens with zero attached hydrogens (tertiary/aromatic N) is 2. The number of rotatable bonds is 5. The number of thiophene rings is 1. The van der Waals surface area contributed by atoms with Crippen LogP contribution in [-0.2, 0) is 13.1 Å². The molecule has 0 radical (unpaired) electrons. The summed E-state index contributed by atoms with van der Waals surface area (Å²) in [4.78, 5) is 14.7. The number of aryl methyl sites for hydroxylation is 2. The molecule has 2 heterocycles. The zero-order valence-electron chi connectivity index (χ0n) is 12.7. The molecule has 2 rings (SSSR count). The van der Waals surface area contributed by atoms with Crippen molar-refractivity contribution < 1.29 is 4.79 Å². The highest BCUT2D eigenvalue weighted by molar-refractivity contribution is 7.11. The van der Waals surface area contributed by atoms with Crippen LogP contribution in [0.2, 0.25) is 5.15 Å². The Kier molecular flexibility index (Phi) is 5.06. The molecule has 2 aromatic rings. The average Bonchev–Trinajstić information content (AvgIpc) is 2.91. The van der Waals surface area contributed by atoms with Gasteiger partial charge in [-0.15, -0.1) is 11.3 Å². The van der Waals surface area contributed by atoms with E-state index in [1.165, 1.54) is 4.88 Å². The van der Waals surface area contributed by atoms with Crippen molar-refractivity contribution in [1.82, 2.24) is 15.1 Å². The number of amides is 1. The third-order valence-corrected chi connectivity index (χ3v) is 4.43. The minimum atomic E-state index is -0.168. The Bertz CT molecular complexity index is 645. The minimum absolute atomic E-state index is 0.168. The first-order valence-electron chi connectivity index (χ1n) is 6.95. The standard InChI is InChI=1S/C15H20ClN3OS/c1-9(2)8-19-14(16)13(11(4)18-19)15(20)17-7-12-6-5-10(3)21-12/h5-6,9H,7-8H2,1-4H3,(H,17,20). The number of nitrogens with one attached hydrogen (secondary N) is 1. The average molecular weight is 326 g/mol. The van der Waals surface area contributed by atoms with Gasteiger partial charge >= 0.3 is 0 Å². The van der Waals surface area contributed by atoms with E-state index in [4.69, 9.17) is 11.6 Å². The minimum Gasteiger partial charge on any atom is -0.347 e. The lowest BCUT2D eigenvalue weighted by molar-refractivity contribution is 0.0950. The molecular formula is C15H20ClN3OS. The third kappa shape index (κ3) is 3.86. The molecule has 0 aliphatic heterocycles. The Balaban J connectivity index is 2.10. The molecule has 114 valence electrons. The maximum absolute atomic E-state index is 12.3. The fourth-order valence-corrected chi connectivity index (χ4v) is 3.27. The van der Waals surface area contributed by atoms with Crippen molar-refractivity contribution in [3.8, 4) is 0 Å². The van der Waals surface area contributed by atoms with Gasteiger partial charge in [0.05, 0.1) is 17.8 Å². The Labute approximate surface area is 134 Å². The van der Waals surface area contributed by atoms with E-state index >= 15 is 0 Å². The maximum Gasteiger partial charge on any atom is 0.256 e. The van der Waals surface area contributed by atoms with Gasteiger partial charge in [-0.1, -0.05) is 25.4 Å². The second kappa shape index (κ2) is 6.62. The van der Waals surface area contributed by atoms with E-state index in [2.05, 4.69) is 24.3 Å². The Morgan fingerprint density at radius 2 is 2.14 bits per heavy atom. The summed E-state index contributed by atoms with van der Waals surface area (Å²) >= 11 is 7.98. The summed E-state index contributed by atoms with van der Waals surface area (Å²) in [5.74, 6) is 0.255. The number of aromatic nitrogens is 2. The SMILES string of the molecule is Cc1ccc(CNC(=O)c2c(C)nn(CC(C)C)c2Cl)s1. The van der Waals surface area contributed by atoms with E-state index in [1.54, 1.807) is 16.0 Å².